The Labute approximate surface area is 156 Å². The first kappa shape index (κ1) is 18.6. The van der Waals surface area contributed by atoms with Crippen LogP contribution in [0.4, 0.5) is 15.9 Å². The Kier molecular flexibility index (Phi) is 4.88. The Hall–Kier alpha value is -2.22. The highest BCUT2D eigenvalue weighted by Gasteiger charge is 2.28. The van der Waals surface area contributed by atoms with E-state index in [0.29, 0.717) is 43.4 Å². The van der Waals surface area contributed by atoms with Crippen LogP contribution in [-0.4, -0.2) is 45.9 Å². The van der Waals surface area contributed by atoms with Crippen molar-refractivity contribution in [3.63, 3.8) is 0 Å². The fourth-order valence-electron chi connectivity index (χ4n) is 2.99. The molecule has 0 aromatic carbocycles. The average Bonchev–Trinajstić information content (AvgIpc) is 2.59. The van der Waals surface area contributed by atoms with Gasteiger partial charge in [-0.15, -0.1) is 0 Å². The van der Waals surface area contributed by atoms with Crippen LogP contribution in [0.15, 0.2) is 17.3 Å². The highest BCUT2D eigenvalue weighted by Crippen LogP contribution is 2.29. The summed E-state index contributed by atoms with van der Waals surface area (Å²) in [6.07, 6.45) is 3.00. The van der Waals surface area contributed by atoms with Gasteiger partial charge in [-0.05, 0) is 0 Å². The summed E-state index contributed by atoms with van der Waals surface area (Å²) in [4.78, 5) is 24.1. The zero-order valence-electron chi connectivity index (χ0n) is 15.3. The molecule has 1 aliphatic rings. The minimum atomic E-state index is -0.396. The van der Waals surface area contributed by atoms with E-state index < -0.39 is 5.41 Å². The highest BCUT2D eigenvalue weighted by molar-refractivity contribution is 6.33. The number of hydrogen-bond acceptors (Lipinski definition) is 6. The van der Waals surface area contributed by atoms with Crippen molar-refractivity contribution < 1.29 is 4.39 Å². The lowest BCUT2D eigenvalue weighted by molar-refractivity contribution is 0.493. The van der Waals surface area contributed by atoms with Crippen molar-refractivity contribution in [3.05, 3.63) is 39.4 Å². The van der Waals surface area contributed by atoms with Crippen LogP contribution in [0, 0.1) is 5.82 Å². The van der Waals surface area contributed by atoms with Crippen LogP contribution in [0.25, 0.3) is 0 Å². The Morgan fingerprint density at radius 1 is 1.12 bits per heavy atom. The molecule has 0 unspecified atom stereocenters. The number of anilines is 2. The van der Waals surface area contributed by atoms with Gasteiger partial charge in [0.25, 0.3) is 5.56 Å². The van der Waals surface area contributed by atoms with Crippen molar-refractivity contribution in [2.45, 2.75) is 26.2 Å². The van der Waals surface area contributed by atoms with Gasteiger partial charge < -0.3 is 9.80 Å². The van der Waals surface area contributed by atoms with Gasteiger partial charge in [0.1, 0.15) is 11.3 Å². The summed E-state index contributed by atoms with van der Waals surface area (Å²) in [5.74, 6) is -0.0560. The third-order valence-corrected chi connectivity index (χ3v) is 4.82. The van der Waals surface area contributed by atoms with Gasteiger partial charge >= 0.3 is 0 Å². The van der Waals surface area contributed by atoms with E-state index in [0.717, 1.165) is 0 Å². The first-order valence-corrected chi connectivity index (χ1v) is 8.80. The minimum absolute atomic E-state index is 0.152. The molecule has 1 aliphatic heterocycles. The highest BCUT2D eigenvalue weighted by atomic mass is 35.5. The molecule has 3 heterocycles. The van der Waals surface area contributed by atoms with E-state index in [2.05, 4.69) is 15.1 Å². The fraction of sp³-hybridized carbons (Fsp3) is 0.529. The molecule has 1 fully saturated rings. The Morgan fingerprint density at radius 3 is 2.35 bits per heavy atom. The third kappa shape index (κ3) is 3.38. The summed E-state index contributed by atoms with van der Waals surface area (Å²) in [5.41, 5.74) is 0.285. The predicted molar refractivity (Wildman–Crippen MR) is 99.6 cm³/mol. The molecule has 1 saturated heterocycles. The summed E-state index contributed by atoms with van der Waals surface area (Å²) in [6.45, 7) is 8.05. The zero-order valence-corrected chi connectivity index (χ0v) is 16.1. The Balaban J connectivity index is 1.80. The van der Waals surface area contributed by atoms with Crippen LogP contribution in [0.2, 0.25) is 5.02 Å². The van der Waals surface area contributed by atoms with E-state index in [9.17, 15) is 9.18 Å². The second-order valence-electron chi connectivity index (χ2n) is 7.36. The van der Waals surface area contributed by atoms with Crippen molar-refractivity contribution >= 4 is 23.1 Å². The lowest BCUT2D eigenvalue weighted by Crippen LogP contribution is -2.48. The summed E-state index contributed by atoms with van der Waals surface area (Å²) in [5, 5.41) is 4.18. The number of piperazine rings is 1. The minimum Gasteiger partial charge on any atom is -0.365 e. The van der Waals surface area contributed by atoms with Gasteiger partial charge in [0.15, 0.2) is 11.6 Å². The molecule has 0 atom stereocenters. The molecule has 2 aromatic rings. The van der Waals surface area contributed by atoms with E-state index >= 15 is 0 Å². The molecule has 3 rings (SSSR count). The van der Waals surface area contributed by atoms with Crippen molar-refractivity contribution in [1.29, 1.82) is 0 Å². The first-order chi connectivity index (χ1) is 12.2. The summed E-state index contributed by atoms with van der Waals surface area (Å²) in [7, 11) is 1.56. The van der Waals surface area contributed by atoms with Crippen molar-refractivity contribution in [2.75, 3.05) is 36.0 Å². The van der Waals surface area contributed by atoms with Gasteiger partial charge in [-0.3, -0.25) is 4.79 Å². The molecule has 0 bridgehead atoms. The second kappa shape index (κ2) is 6.83. The standard InChI is InChI=1S/C17H22ClFN6O/c1-17(2,3)14-13(19)15(21-10-20-14)25-7-5-24(6-8-25)11-9-22-23(4)16(26)12(11)18/h9-10H,5-8H2,1-4H3. The molecule has 7 nitrogen and oxygen atoms in total. The van der Waals surface area contributed by atoms with Gasteiger partial charge in [-0.1, -0.05) is 32.4 Å². The molecule has 0 N–H and O–H groups in total. The van der Waals surface area contributed by atoms with Crippen LogP contribution >= 0.6 is 11.6 Å². The fourth-order valence-corrected chi connectivity index (χ4v) is 3.28. The molecule has 0 radical (unpaired) electrons. The van der Waals surface area contributed by atoms with Gasteiger partial charge in [0.05, 0.1) is 17.6 Å². The first-order valence-electron chi connectivity index (χ1n) is 8.43. The number of hydrogen-bond donors (Lipinski definition) is 0. The lowest BCUT2D eigenvalue weighted by atomic mass is 9.91. The summed E-state index contributed by atoms with van der Waals surface area (Å²) in [6, 6.07) is 0. The van der Waals surface area contributed by atoms with E-state index in [1.165, 1.54) is 11.0 Å². The maximum absolute atomic E-state index is 14.9. The molecule has 0 amide bonds. The maximum Gasteiger partial charge on any atom is 0.287 e. The largest absolute Gasteiger partial charge is 0.365 e. The van der Waals surface area contributed by atoms with Crippen LogP contribution in [-0.2, 0) is 12.5 Å². The van der Waals surface area contributed by atoms with E-state index in [1.54, 1.807) is 13.2 Å². The second-order valence-corrected chi connectivity index (χ2v) is 7.73. The number of rotatable bonds is 2. The molecule has 0 spiro atoms. The molecule has 140 valence electrons. The maximum atomic E-state index is 14.9. The molecule has 0 aliphatic carbocycles. The number of aryl methyl sites for hydroxylation is 1. The van der Waals surface area contributed by atoms with Crippen molar-refractivity contribution in [2.24, 2.45) is 7.05 Å². The van der Waals surface area contributed by atoms with E-state index in [1.807, 2.05) is 30.6 Å². The normalized spacial score (nSPS) is 15.5. The van der Waals surface area contributed by atoms with Crippen LogP contribution in [0.5, 0.6) is 0 Å². The number of halogens is 2. The molecular formula is C17H22ClFN6O. The molecule has 9 heteroatoms. The average molecular weight is 381 g/mol. The molecule has 2 aromatic heterocycles. The zero-order chi connectivity index (χ0) is 19.1. The van der Waals surface area contributed by atoms with E-state index in [4.69, 9.17) is 11.6 Å². The smallest absolute Gasteiger partial charge is 0.287 e. The van der Waals surface area contributed by atoms with Gasteiger partial charge in [0.2, 0.25) is 0 Å². The van der Waals surface area contributed by atoms with E-state index in [-0.39, 0.29) is 16.4 Å². The monoisotopic (exact) mass is 380 g/mol. The molecule has 26 heavy (non-hydrogen) atoms. The Morgan fingerprint density at radius 2 is 1.73 bits per heavy atom. The molecular weight excluding hydrogens is 359 g/mol. The van der Waals surface area contributed by atoms with Crippen LogP contribution in [0.3, 0.4) is 0 Å². The predicted octanol–water partition coefficient (Wildman–Crippen LogP) is 1.99. The van der Waals surface area contributed by atoms with Crippen LogP contribution in [0.1, 0.15) is 26.5 Å². The van der Waals surface area contributed by atoms with Crippen molar-refractivity contribution in [3.8, 4) is 0 Å². The van der Waals surface area contributed by atoms with Gasteiger partial charge in [-0.2, -0.15) is 5.10 Å². The Bertz CT molecular complexity index is 871. The third-order valence-electron chi connectivity index (χ3n) is 4.46. The summed E-state index contributed by atoms with van der Waals surface area (Å²) < 4.78 is 16.1. The molecule has 0 saturated carbocycles. The summed E-state index contributed by atoms with van der Waals surface area (Å²) >= 11 is 6.17. The lowest BCUT2D eigenvalue weighted by Gasteiger charge is -2.37. The van der Waals surface area contributed by atoms with Gasteiger partial charge in [0, 0.05) is 38.6 Å². The van der Waals surface area contributed by atoms with Crippen molar-refractivity contribution in [1.82, 2.24) is 19.7 Å². The number of aromatic nitrogens is 4. The van der Waals surface area contributed by atoms with Gasteiger partial charge in [-0.25, -0.2) is 19.0 Å². The number of nitrogens with zero attached hydrogens (tertiary/aromatic N) is 6. The topological polar surface area (TPSA) is 67.2 Å². The quantitative estimate of drug-likeness (QED) is 0.793. The van der Waals surface area contributed by atoms with Crippen LogP contribution < -0.4 is 15.4 Å². The SMILES string of the molecule is Cn1ncc(N2CCN(c3ncnc(C(C)(C)C)c3F)CC2)c(Cl)c1=O.